The number of carbonyl (C=O) groups is 2. The molecule has 1 aliphatic rings. The van der Waals surface area contributed by atoms with Gasteiger partial charge in [-0.15, -0.1) is 0 Å². The first kappa shape index (κ1) is 19.5. The molecule has 0 aliphatic carbocycles. The minimum absolute atomic E-state index is 0.193. The van der Waals surface area contributed by atoms with Crippen molar-refractivity contribution in [3.63, 3.8) is 0 Å². The van der Waals surface area contributed by atoms with Gasteiger partial charge in [-0.1, -0.05) is 39.7 Å². The number of hydrogen-bond donors (Lipinski definition) is 1. The third-order valence-electron chi connectivity index (χ3n) is 3.91. The largest absolute Gasteiger partial charge is 0.486 e. The van der Waals surface area contributed by atoms with Crippen LogP contribution in [0.25, 0.3) is 0 Å². The summed E-state index contributed by atoms with van der Waals surface area (Å²) in [5.74, 6) is -0.280. The Morgan fingerprint density at radius 3 is 2.67 bits per heavy atom. The zero-order chi connectivity index (χ0) is 19.4. The van der Waals surface area contributed by atoms with Crippen molar-refractivity contribution in [1.29, 1.82) is 0 Å². The second-order valence-corrected chi connectivity index (χ2v) is 7.22. The maximum Gasteiger partial charge on any atom is 0.338 e. The van der Waals surface area contributed by atoms with Gasteiger partial charge in [0.05, 0.1) is 16.6 Å². The quantitative estimate of drug-likeness (QED) is 0.694. The van der Waals surface area contributed by atoms with E-state index in [1.165, 1.54) is 12.1 Å². The van der Waals surface area contributed by atoms with E-state index < -0.39 is 18.5 Å². The van der Waals surface area contributed by atoms with Crippen LogP contribution < -0.4 is 14.8 Å². The first-order valence-corrected chi connectivity index (χ1v) is 9.42. The van der Waals surface area contributed by atoms with Crippen molar-refractivity contribution in [3.05, 3.63) is 57.0 Å². The van der Waals surface area contributed by atoms with Crippen molar-refractivity contribution in [2.75, 3.05) is 19.8 Å². The molecule has 3 rings (SSSR count). The van der Waals surface area contributed by atoms with Crippen LogP contribution in [0.15, 0.2) is 40.9 Å². The fourth-order valence-electron chi connectivity index (χ4n) is 2.56. The highest BCUT2D eigenvalue weighted by Crippen LogP contribution is 2.38. The van der Waals surface area contributed by atoms with Crippen LogP contribution in [0, 0.1) is 0 Å². The number of ether oxygens (including phenoxy) is 3. The fourth-order valence-corrected chi connectivity index (χ4v) is 3.09. The molecule has 2 aromatic rings. The molecule has 8 heteroatoms. The molecule has 2 aromatic carbocycles. The summed E-state index contributed by atoms with van der Waals surface area (Å²) in [4.78, 5) is 24.3. The second kappa shape index (κ2) is 8.63. The Bertz CT molecular complexity index is 856. The van der Waals surface area contributed by atoms with Gasteiger partial charge in [-0.25, -0.2) is 4.79 Å². The van der Waals surface area contributed by atoms with E-state index in [0.717, 1.165) is 10.0 Å². The number of hydrogen-bond acceptors (Lipinski definition) is 5. The third kappa shape index (κ3) is 4.93. The normalized spacial score (nSPS) is 13.6. The molecule has 0 saturated heterocycles. The van der Waals surface area contributed by atoms with E-state index >= 15 is 0 Å². The molecule has 0 fully saturated rings. The van der Waals surface area contributed by atoms with E-state index in [1.54, 1.807) is 0 Å². The number of halogens is 2. The average molecular weight is 455 g/mol. The molecule has 0 bridgehead atoms. The Morgan fingerprint density at radius 1 is 1.22 bits per heavy atom. The maximum atomic E-state index is 12.2. The zero-order valence-electron chi connectivity index (χ0n) is 14.5. The summed E-state index contributed by atoms with van der Waals surface area (Å²) in [7, 11) is 0. The van der Waals surface area contributed by atoms with Crippen LogP contribution in [0.4, 0.5) is 0 Å². The predicted molar refractivity (Wildman–Crippen MR) is 103 cm³/mol. The van der Waals surface area contributed by atoms with Crippen LogP contribution in [0.5, 0.6) is 11.5 Å². The highest BCUT2D eigenvalue weighted by Gasteiger charge is 2.20. The van der Waals surface area contributed by atoms with Gasteiger partial charge in [0.1, 0.15) is 13.2 Å². The zero-order valence-corrected chi connectivity index (χ0v) is 16.8. The summed E-state index contributed by atoms with van der Waals surface area (Å²) in [6.45, 7) is 2.22. The smallest absolute Gasteiger partial charge is 0.338 e. The monoisotopic (exact) mass is 453 g/mol. The molecule has 27 heavy (non-hydrogen) atoms. The maximum absolute atomic E-state index is 12.2. The number of esters is 1. The molecule has 1 N–H and O–H groups in total. The van der Waals surface area contributed by atoms with Crippen molar-refractivity contribution in [1.82, 2.24) is 5.32 Å². The minimum atomic E-state index is -0.666. The van der Waals surface area contributed by atoms with Gasteiger partial charge in [0.25, 0.3) is 5.91 Å². The lowest BCUT2D eigenvalue weighted by Crippen LogP contribution is -2.31. The number of amides is 1. The van der Waals surface area contributed by atoms with Crippen molar-refractivity contribution < 1.29 is 23.8 Å². The van der Waals surface area contributed by atoms with E-state index in [2.05, 4.69) is 21.2 Å². The van der Waals surface area contributed by atoms with Gasteiger partial charge < -0.3 is 19.5 Å². The van der Waals surface area contributed by atoms with Crippen LogP contribution >= 0.6 is 27.5 Å². The molecular formula is C19H17BrClNO5. The predicted octanol–water partition coefficient (Wildman–Crippen LogP) is 3.91. The van der Waals surface area contributed by atoms with Gasteiger partial charge in [0, 0.05) is 4.47 Å². The molecule has 0 aromatic heterocycles. The molecule has 0 saturated carbocycles. The van der Waals surface area contributed by atoms with Crippen molar-refractivity contribution >= 4 is 39.4 Å². The van der Waals surface area contributed by atoms with Gasteiger partial charge >= 0.3 is 5.97 Å². The van der Waals surface area contributed by atoms with Crippen LogP contribution in [0.2, 0.25) is 5.02 Å². The number of fused-ring (bicyclic) bond motifs is 1. The molecule has 6 nitrogen and oxygen atoms in total. The summed E-state index contributed by atoms with van der Waals surface area (Å²) in [6, 6.07) is 10.3. The highest BCUT2D eigenvalue weighted by atomic mass is 79.9. The molecule has 0 spiro atoms. The number of nitrogens with one attached hydrogen (secondary N) is 1. The van der Waals surface area contributed by atoms with Crippen LogP contribution in [0.1, 0.15) is 28.9 Å². The summed E-state index contributed by atoms with van der Waals surface area (Å²) < 4.78 is 16.9. The minimum Gasteiger partial charge on any atom is -0.486 e. The average Bonchev–Trinajstić information content (AvgIpc) is 2.66. The Labute approximate surface area is 169 Å². The third-order valence-corrected chi connectivity index (χ3v) is 4.72. The van der Waals surface area contributed by atoms with Gasteiger partial charge in [-0.3, -0.25) is 4.79 Å². The number of benzene rings is 2. The molecule has 1 atom stereocenters. The first-order chi connectivity index (χ1) is 12.9. The van der Waals surface area contributed by atoms with Gasteiger partial charge in [0.2, 0.25) is 0 Å². The van der Waals surface area contributed by atoms with Gasteiger partial charge in [0.15, 0.2) is 18.1 Å². The van der Waals surface area contributed by atoms with E-state index in [0.29, 0.717) is 24.7 Å². The summed E-state index contributed by atoms with van der Waals surface area (Å²) >= 11 is 9.47. The first-order valence-electron chi connectivity index (χ1n) is 8.25. The Balaban J connectivity index is 1.56. The van der Waals surface area contributed by atoms with Crippen LogP contribution in [-0.4, -0.2) is 31.7 Å². The van der Waals surface area contributed by atoms with E-state index in [4.69, 9.17) is 25.8 Å². The van der Waals surface area contributed by atoms with Crippen molar-refractivity contribution in [2.45, 2.75) is 13.0 Å². The summed E-state index contributed by atoms with van der Waals surface area (Å²) in [5.41, 5.74) is 1.13. The molecule has 1 unspecified atom stereocenters. The topological polar surface area (TPSA) is 73.9 Å². The SMILES string of the molecule is CC(NC(=O)COC(=O)c1cc(Cl)c2c(c1)OCCO2)c1ccc(Br)cc1. The van der Waals surface area contributed by atoms with E-state index in [-0.39, 0.29) is 16.6 Å². The summed E-state index contributed by atoms with van der Waals surface area (Å²) in [5, 5.41) is 3.04. The van der Waals surface area contributed by atoms with Crippen molar-refractivity contribution in [3.8, 4) is 11.5 Å². The molecule has 1 aliphatic heterocycles. The van der Waals surface area contributed by atoms with E-state index in [9.17, 15) is 9.59 Å². The van der Waals surface area contributed by atoms with E-state index in [1.807, 2.05) is 31.2 Å². The molecular weight excluding hydrogens is 438 g/mol. The molecule has 142 valence electrons. The lowest BCUT2D eigenvalue weighted by molar-refractivity contribution is -0.124. The highest BCUT2D eigenvalue weighted by molar-refractivity contribution is 9.10. The number of rotatable bonds is 5. The summed E-state index contributed by atoms with van der Waals surface area (Å²) in [6.07, 6.45) is 0. The van der Waals surface area contributed by atoms with Crippen molar-refractivity contribution in [2.24, 2.45) is 0 Å². The van der Waals surface area contributed by atoms with Gasteiger partial charge in [-0.05, 0) is 36.8 Å². The lowest BCUT2D eigenvalue weighted by atomic mass is 10.1. The molecule has 0 radical (unpaired) electrons. The van der Waals surface area contributed by atoms with Crippen LogP contribution in [0.3, 0.4) is 0 Å². The Kier molecular flexibility index (Phi) is 6.23. The second-order valence-electron chi connectivity index (χ2n) is 5.90. The fraction of sp³-hybridized carbons (Fsp3) is 0.263. The van der Waals surface area contributed by atoms with Crippen LogP contribution in [-0.2, 0) is 9.53 Å². The molecule has 1 amide bonds. The Hall–Kier alpha value is -2.25. The Morgan fingerprint density at radius 2 is 1.93 bits per heavy atom. The molecule has 1 heterocycles. The van der Waals surface area contributed by atoms with Gasteiger partial charge in [-0.2, -0.15) is 0 Å². The lowest BCUT2D eigenvalue weighted by Gasteiger charge is -2.20. The standard InChI is InChI=1S/C19H17BrClNO5/c1-11(12-2-4-14(20)5-3-12)22-17(23)10-27-19(24)13-8-15(21)18-16(9-13)25-6-7-26-18/h2-5,8-9,11H,6-7,10H2,1H3,(H,22,23). The number of carbonyl (C=O) groups excluding carboxylic acids is 2.